The Bertz CT molecular complexity index is 300. The van der Waals surface area contributed by atoms with E-state index in [4.69, 9.17) is 9.16 Å². The Hall–Kier alpha value is 0.0569. The molecule has 0 aliphatic carbocycles. The SMILES string of the molecule is C[C@@H]1[C@@H](O)[C@@H](C)C(O)O[C@H]1CO[Si](C)(C)C(C)(C)C. The van der Waals surface area contributed by atoms with Crippen molar-refractivity contribution in [2.45, 2.75) is 71.2 Å². The molecule has 0 amide bonds. The number of hydrogen-bond donors (Lipinski definition) is 2. The summed E-state index contributed by atoms with van der Waals surface area (Å²) < 4.78 is 11.7. The van der Waals surface area contributed by atoms with E-state index in [-0.39, 0.29) is 23.0 Å². The monoisotopic (exact) mass is 290 g/mol. The Morgan fingerprint density at radius 1 is 1.11 bits per heavy atom. The molecule has 1 fully saturated rings. The Labute approximate surface area is 118 Å². The molecule has 1 aliphatic heterocycles. The minimum atomic E-state index is -1.82. The van der Waals surface area contributed by atoms with Crippen LogP contribution in [-0.4, -0.2) is 43.6 Å². The maximum absolute atomic E-state index is 10.1. The van der Waals surface area contributed by atoms with Gasteiger partial charge in [-0.3, -0.25) is 0 Å². The lowest BCUT2D eigenvalue weighted by atomic mass is 9.86. The van der Waals surface area contributed by atoms with Crippen LogP contribution < -0.4 is 0 Å². The van der Waals surface area contributed by atoms with E-state index in [2.05, 4.69) is 33.9 Å². The molecule has 0 bridgehead atoms. The molecule has 5 atom stereocenters. The van der Waals surface area contributed by atoms with Crippen LogP contribution in [0.15, 0.2) is 0 Å². The van der Waals surface area contributed by atoms with Crippen molar-refractivity contribution in [2.75, 3.05) is 6.61 Å². The molecule has 0 aromatic heterocycles. The molecule has 0 radical (unpaired) electrons. The van der Waals surface area contributed by atoms with E-state index in [0.717, 1.165) is 0 Å². The predicted molar refractivity (Wildman–Crippen MR) is 78.4 cm³/mol. The van der Waals surface area contributed by atoms with Crippen LogP contribution >= 0.6 is 0 Å². The van der Waals surface area contributed by atoms with Crippen LogP contribution in [-0.2, 0) is 9.16 Å². The van der Waals surface area contributed by atoms with Gasteiger partial charge in [0.25, 0.3) is 0 Å². The van der Waals surface area contributed by atoms with E-state index < -0.39 is 20.7 Å². The summed E-state index contributed by atoms with van der Waals surface area (Å²) in [6.45, 7) is 15.1. The normalized spacial score (nSPS) is 37.4. The molecule has 0 spiro atoms. The van der Waals surface area contributed by atoms with Gasteiger partial charge in [0.1, 0.15) is 0 Å². The number of ether oxygens (including phenoxy) is 1. The second-order valence-corrected chi connectivity index (χ2v) is 12.2. The lowest BCUT2D eigenvalue weighted by molar-refractivity contribution is -0.247. The number of aliphatic hydroxyl groups is 2. The minimum absolute atomic E-state index is 0.0248. The zero-order valence-corrected chi connectivity index (χ0v) is 14.3. The second-order valence-electron chi connectivity index (χ2n) is 7.35. The van der Waals surface area contributed by atoms with Gasteiger partial charge in [-0.1, -0.05) is 34.6 Å². The molecule has 0 saturated carbocycles. The van der Waals surface area contributed by atoms with Gasteiger partial charge < -0.3 is 19.4 Å². The van der Waals surface area contributed by atoms with Crippen molar-refractivity contribution in [3.05, 3.63) is 0 Å². The highest BCUT2D eigenvalue weighted by Crippen LogP contribution is 2.37. The average Bonchev–Trinajstić information content (AvgIpc) is 2.28. The summed E-state index contributed by atoms with van der Waals surface area (Å²) >= 11 is 0. The molecule has 5 heteroatoms. The highest BCUT2D eigenvalue weighted by molar-refractivity contribution is 6.74. The van der Waals surface area contributed by atoms with E-state index in [0.29, 0.717) is 6.61 Å². The van der Waals surface area contributed by atoms with E-state index in [1.807, 2.05) is 6.92 Å². The first-order valence-corrected chi connectivity index (χ1v) is 10.0. The highest BCUT2D eigenvalue weighted by Gasteiger charge is 2.42. The minimum Gasteiger partial charge on any atom is -0.414 e. The summed E-state index contributed by atoms with van der Waals surface area (Å²) in [7, 11) is -1.82. The van der Waals surface area contributed by atoms with Gasteiger partial charge in [0.05, 0.1) is 18.8 Å². The molecule has 1 heterocycles. The smallest absolute Gasteiger partial charge is 0.192 e. The van der Waals surface area contributed by atoms with Gasteiger partial charge in [0, 0.05) is 11.8 Å². The van der Waals surface area contributed by atoms with Crippen LogP contribution in [0.3, 0.4) is 0 Å². The zero-order chi connectivity index (χ0) is 15.0. The Balaban J connectivity index is 2.63. The van der Waals surface area contributed by atoms with Crippen LogP contribution in [0.2, 0.25) is 18.1 Å². The fourth-order valence-corrected chi connectivity index (χ4v) is 3.01. The third-order valence-corrected chi connectivity index (χ3v) is 9.34. The van der Waals surface area contributed by atoms with Crippen molar-refractivity contribution >= 4 is 8.32 Å². The van der Waals surface area contributed by atoms with Crippen molar-refractivity contribution in [1.29, 1.82) is 0 Å². The average molecular weight is 290 g/mol. The molecule has 0 aromatic carbocycles. The fourth-order valence-electron chi connectivity index (χ4n) is 1.99. The van der Waals surface area contributed by atoms with E-state index >= 15 is 0 Å². The highest BCUT2D eigenvalue weighted by atomic mass is 28.4. The molecule has 1 saturated heterocycles. The lowest BCUT2D eigenvalue weighted by Gasteiger charge is -2.43. The molecule has 114 valence electrons. The summed E-state index contributed by atoms with van der Waals surface area (Å²) in [5.41, 5.74) is 0. The Morgan fingerprint density at radius 3 is 2.11 bits per heavy atom. The first kappa shape index (κ1) is 17.1. The van der Waals surface area contributed by atoms with Gasteiger partial charge in [-0.15, -0.1) is 0 Å². The van der Waals surface area contributed by atoms with Crippen molar-refractivity contribution in [2.24, 2.45) is 11.8 Å². The van der Waals surface area contributed by atoms with Gasteiger partial charge in [-0.05, 0) is 18.1 Å². The largest absolute Gasteiger partial charge is 0.414 e. The van der Waals surface area contributed by atoms with E-state index in [1.165, 1.54) is 0 Å². The number of aliphatic hydroxyl groups excluding tert-OH is 2. The molecule has 4 nitrogen and oxygen atoms in total. The molecular formula is C14H30O4Si. The molecule has 1 unspecified atom stereocenters. The fraction of sp³-hybridized carbons (Fsp3) is 1.00. The maximum Gasteiger partial charge on any atom is 0.192 e. The van der Waals surface area contributed by atoms with Gasteiger partial charge in [0.15, 0.2) is 14.6 Å². The molecule has 0 aromatic rings. The third-order valence-electron chi connectivity index (χ3n) is 4.84. The standard InChI is InChI=1S/C14H30O4Si/c1-9-11(18-13(16)10(2)12(9)15)8-17-19(6,7)14(3,4)5/h9-13,15-16H,8H2,1-7H3/t9-,10+,11-,12+,13?/m0/s1. The summed E-state index contributed by atoms with van der Waals surface area (Å²) in [4.78, 5) is 0. The molecule has 1 rings (SSSR count). The van der Waals surface area contributed by atoms with Crippen LogP contribution in [0, 0.1) is 11.8 Å². The lowest BCUT2D eigenvalue weighted by Crippen LogP contribution is -2.52. The Kier molecular flexibility index (Phi) is 5.24. The topological polar surface area (TPSA) is 58.9 Å². The molecule has 19 heavy (non-hydrogen) atoms. The van der Waals surface area contributed by atoms with Crippen LogP contribution in [0.5, 0.6) is 0 Å². The van der Waals surface area contributed by atoms with Crippen LogP contribution in [0.4, 0.5) is 0 Å². The number of hydrogen-bond acceptors (Lipinski definition) is 4. The quantitative estimate of drug-likeness (QED) is 0.783. The predicted octanol–water partition coefficient (Wildman–Crippen LogP) is 2.36. The first-order chi connectivity index (χ1) is 8.47. The molecule has 1 aliphatic rings. The molecule has 2 N–H and O–H groups in total. The zero-order valence-electron chi connectivity index (χ0n) is 13.3. The van der Waals surface area contributed by atoms with Crippen molar-refractivity contribution in [1.82, 2.24) is 0 Å². The van der Waals surface area contributed by atoms with Gasteiger partial charge in [-0.2, -0.15) is 0 Å². The van der Waals surface area contributed by atoms with Gasteiger partial charge in [-0.25, -0.2) is 0 Å². The van der Waals surface area contributed by atoms with Crippen LogP contribution in [0.25, 0.3) is 0 Å². The van der Waals surface area contributed by atoms with Crippen molar-refractivity contribution in [3.63, 3.8) is 0 Å². The summed E-state index contributed by atoms with van der Waals surface area (Å²) in [6.07, 6.45) is -1.69. The van der Waals surface area contributed by atoms with E-state index in [1.54, 1.807) is 6.92 Å². The van der Waals surface area contributed by atoms with Gasteiger partial charge in [0.2, 0.25) is 0 Å². The van der Waals surface area contributed by atoms with Gasteiger partial charge >= 0.3 is 0 Å². The number of rotatable bonds is 3. The van der Waals surface area contributed by atoms with Crippen molar-refractivity contribution < 1.29 is 19.4 Å². The van der Waals surface area contributed by atoms with E-state index in [9.17, 15) is 10.2 Å². The first-order valence-electron chi connectivity index (χ1n) is 7.13. The summed E-state index contributed by atoms with van der Waals surface area (Å²) in [5, 5.41) is 20.0. The summed E-state index contributed by atoms with van der Waals surface area (Å²) in [5.74, 6) is -0.276. The van der Waals surface area contributed by atoms with Crippen molar-refractivity contribution in [3.8, 4) is 0 Å². The summed E-state index contributed by atoms with van der Waals surface area (Å²) in [6, 6.07) is 0. The molecular weight excluding hydrogens is 260 g/mol. The second kappa shape index (κ2) is 5.82. The Morgan fingerprint density at radius 2 is 1.63 bits per heavy atom. The third kappa shape index (κ3) is 3.79. The van der Waals surface area contributed by atoms with Crippen LogP contribution in [0.1, 0.15) is 34.6 Å². The maximum atomic E-state index is 10.1.